The fourth-order valence-electron chi connectivity index (χ4n) is 3.45. The molecule has 0 saturated carbocycles. The number of hydrogen-bond donors (Lipinski definition) is 1. The zero-order valence-corrected chi connectivity index (χ0v) is 14.3. The Bertz CT molecular complexity index is 683. The maximum Gasteiger partial charge on any atom is 0.422 e. The first-order valence-corrected chi connectivity index (χ1v) is 8.73. The van der Waals surface area contributed by atoms with Gasteiger partial charge in [0.05, 0.1) is 0 Å². The molecule has 2 amide bonds. The van der Waals surface area contributed by atoms with E-state index in [0.29, 0.717) is 12.8 Å². The molecule has 5 nitrogen and oxygen atoms in total. The molecule has 0 radical (unpaired) electrons. The number of carbonyl (C=O) groups is 2. The van der Waals surface area contributed by atoms with Gasteiger partial charge in [-0.15, -0.1) is 0 Å². The highest BCUT2D eigenvalue weighted by molar-refractivity contribution is 5.92. The van der Waals surface area contributed by atoms with Crippen molar-refractivity contribution < 1.29 is 27.5 Å². The molecule has 142 valence electrons. The van der Waals surface area contributed by atoms with Crippen molar-refractivity contribution in [3.8, 4) is 0 Å². The number of hydrogen-bond acceptors (Lipinski definition) is 3. The second-order valence-electron chi connectivity index (χ2n) is 6.76. The van der Waals surface area contributed by atoms with E-state index >= 15 is 0 Å². The molecule has 0 spiro atoms. The van der Waals surface area contributed by atoms with E-state index in [2.05, 4.69) is 10.1 Å². The molecule has 1 aliphatic carbocycles. The number of nitrogens with zero attached hydrogens (tertiary/aromatic N) is 1. The summed E-state index contributed by atoms with van der Waals surface area (Å²) in [6.07, 6.45) is -1.49. The van der Waals surface area contributed by atoms with Crippen LogP contribution in [0.4, 0.5) is 23.7 Å². The fourth-order valence-corrected chi connectivity index (χ4v) is 3.45. The lowest BCUT2D eigenvalue weighted by molar-refractivity contribution is -0.162. The first-order chi connectivity index (χ1) is 12.3. The molecule has 0 atom stereocenters. The van der Waals surface area contributed by atoms with Crippen molar-refractivity contribution in [2.45, 2.75) is 38.3 Å². The summed E-state index contributed by atoms with van der Waals surface area (Å²) in [5.74, 6) is -0.388. The van der Waals surface area contributed by atoms with Gasteiger partial charge in [-0.05, 0) is 55.4 Å². The smallest absolute Gasteiger partial charge is 0.422 e. The molecule has 1 heterocycles. The van der Waals surface area contributed by atoms with Gasteiger partial charge in [-0.2, -0.15) is 13.2 Å². The van der Waals surface area contributed by atoms with Gasteiger partial charge in [0.25, 0.3) is 0 Å². The number of nitrogens with one attached hydrogen (secondary N) is 1. The van der Waals surface area contributed by atoms with Crippen molar-refractivity contribution in [1.82, 2.24) is 4.90 Å². The average molecular weight is 370 g/mol. The average Bonchev–Trinajstić information content (AvgIpc) is 3.07. The Labute approximate surface area is 149 Å². The molecule has 8 heteroatoms. The summed E-state index contributed by atoms with van der Waals surface area (Å²) in [7, 11) is 0. The van der Waals surface area contributed by atoms with Gasteiger partial charge in [-0.3, -0.25) is 4.79 Å². The predicted octanol–water partition coefficient (Wildman–Crippen LogP) is 3.52. The Morgan fingerprint density at radius 1 is 1.15 bits per heavy atom. The van der Waals surface area contributed by atoms with Crippen LogP contribution < -0.4 is 5.32 Å². The van der Waals surface area contributed by atoms with E-state index in [4.69, 9.17) is 0 Å². The van der Waals surface area contributed by atoms with Crippen LogP contribution in [-0.2, 0) is 22.4 Å². The van der Waals surface area contributed by atoms with Gasteiger partial charge < -0.3 is 15.0 Å². The van der Waals surface area contributed by atoms with Gasteiger partial charge in [0.15, 0.2) is 6.61 Å². The summed E-state index contributed by atoms with van der Waals surface area (Å²) in [6, 6.07) is 5.94. The molecular formula is C18H21F3N2O3. The van der Waals surface area contributed by atoms with Gasteiger partial charge in [-0.25, -0.2) is 4.79 Å². The molecule has 1 aromatic rings. The molecule has 1 saturated heterocycles. The van der Waals surface area contributed by atoms with Crippen LogP contribution >= 0.6 is 0 Å². The Morgan fingerprint density at radius 2 is 1.85 bits per heavy atom. The Morgan fingerprint density at radius 3 is 2.54 bits per heavy atom. The predicted molar refractivity (Wildman–Crippen MR) is 88.8 cm³/mol. The first kappa shape index (κ1) is 18.5. The number of benzene rings is 1. The number of anilines is 1. The normalized spacial score (nSPS) is 17.7. The summed E-state index contributed by atoms with van der Waals surface area (Å²) >= 11 is 0. The maximum atomic E-state index is 12.4. The number of aryl methyl sites for hydroxylation is 2. The van der Waals surface area contributed by atoms with E-state index in [9.17, 15) is 22.8 Å². The van der Waals surface area contributed by atoms with Crippen molar-refractivity contribution in [3.05, 3.63) is 29.3 Å². The molecule has 3 rings (SSSR count). The van der Waals surface area contributed by atoms with Crippen molar-refractivity contribution in [3.63, 3.8) is 0 Å². The molecule has 0 unspecified atom stereocenters. The van der Waals surface area contributed by atoms with Crippen LogP contribution in [0.2, 0.25) is 0 Å². The topological polar surface area (TPSA) is 58.6 Å². The minimum Gasteiger partial charge on any atom is -0.440 e. The Hall–Kier alpha value is -2.25. The number of amides is 2. The summed E-state index contributed by atoms with van der Waals surface area (Å²) in [5, 5.41) is 2.91. The van der Waals surface area contributed by atoms with Crippen LogP contribution in [0, 0.1) is 5.92 Å². The van der Waals surface area contributed by atoms with Crippen molar-refractivity contribution >= 4 is 17.7 Å². The minimum atomic E-state index is -4.54. The van der Waals surface area contributed by atoms with Crippen LogP contribution in [0.1, 0.15) is 30.4 Å². The molecule has 0 aromatic heterocycles. The van der Waals surface area contributed by atoms with E-state index in [-0.39, 0.29) is 24.9 Å². The van der Waals surface area contributed by atoms with Gasteiger partial charge in [-0.1, -0.05) is 6.07 Å². The molecule has 1 fully saturated rings. The SMILES string of the molecule is O=C(Nc1ccc2c(c1)CCC2)C1CCN(C(=O)OCC(F)(F)F)CC1. The standard InChI is InChI=1S/C18H21F3N2O3/c19-18(20,21)11-26-17(25)23-8-6-13(7-9-23)16(24)22-15-5-4-12-2-1-3-14(12)10-15/h4-5,10,13H,1-3,6-9,11H2,(H,22,24). The second-order valence-corrected chi connectivity index (χ2v) is 6.76. The molecule has 26 heavy (non-hydrogen) atoms. The molecular weight excluding hydrogens is 349 g/mol. The monoisotopic (exact) mass is 370 g/mol. The number of likely N-dealkylation sites (tertiary alicyclic amines) is 1. The second kappa shape index (κ2) is 7.55. The third kappa shape index (κ3) is 4.68. The molecule has 1 aliphatic heterocycles. The van der Waals surface area contributed by atoms with Crippen molar-refractivity contribution in [2.24, 2.45) is 5.92 Å². The number of fused-ring (bicyclic) bond motifs is 1. The van der Waals surface area contributed by atoms with Gasteiger partial charge >= 0.3 is 12.3 Å². The van der Waals surface area contributed by atoms with Gasteiger partial charge in [0.1, 0.15) is 0 Å². The summed E-state index contributed by atoms with van der Waals surface area (Å²) in [6.45, 7) is -1.18. The van der Waals surface area contributed by atoms with Crippen molar-refractivity contribution in [2.75, 3.05) is 25.0 Å². The number of piperidine rings is 1. The minimum absolute atomic E-state index is 0.119. The van der Waals surface area contributed by atoms with Crippen LogP contribution in [0.15, 0.2) is 18.2 Å². The largest absolute Gasteiger partial charge is 0.440 e. The summed E-state index contributed by atoms with van der Waals surface area (Å²) in [4.78, 5) is 25.2. The van der Waals surface area contributed by atoms with Crippen molar-refractivity contribution in [1.29, 1.82) is 0 Å². The zero-order valence-electron chi connectivity index (χ0n) is 14.3. The number of carbonyl (C=O) groups excluding carboxylic acids is 2. The highest BCUT2D eigenvalue weighted by Gasteiger charge is 2.33. The molecule has 0 bridgehead atoms. The van der Waals surface area contributed by atoms with E-state index < -0.39 is 18.9 Å². The lowest BCUT2D eigenvalue weighted by Gasteiger charge is -2.30. The summed E-state index contributed by atoms with van der Waals surface area (Å²) in [5.41, 5.74) is 3.36. The Kier molecular flexibility index (Phi) is 5.38. The van der Waals surface area contributed by atoms with Crippen LogP contribution in [0.25, 0.3) is 0 Å². The quantitative estimate of drug-likeness (QED) is 0.886. The fraction of sp³-hybridized carbons (Fsp3) is 0.556. The van der Waals surface area contributed by atoms with Crippen LogP contribution in [0.5, 0.6) is 0 Å². The van der Waals surface area contributed by atoms with E-state index in [0.717, 1.165) is 24.9 Å². The van der Waals surface area contributed by atoms with Gasteiger partial charge in [0, 0.05) is 24.7 Å². The maximum absolute atomic E-state index is 12.4. The van der Waals surface area contributed by atoms with Gasteiger partial charge in [0.2, 0.25) is 5.91 Å². The number of alkyl halides is 3. The molecule has 1 aromatic carbocycles. The third-order valence-electron chi connectivity index (χ3n) is 4.85. The highest BCUT2D eigenvalue weighted by Crippen LogP contribution is 2.26. The van der Waals surface area contributed by atoms with Crippen LogP contribution in [0.3, 0.4) is 0 Å². The highest BCUT2D eigenvalue weighted by atomic mass is 19.4. The number of halogens is 3. The van der Waals surface area contributed by atoms with E-state index in [1.54, 1.807) is 0 Å². The lowest BCUT2D eigenvalue weighted by Crippen LogP contribution is -2.42. The third-order valence-corrected chi connectivity index (χ3v) is 4.85. The number of rotatable bonds is 3. The lowest BCUT2D eigenvalue weighted by atomic mass is 9.96. The zero-order chi connectivity index (χ0) is 18.7. The van der Waals surface area contributed by atoms with E-state index in [1.807, 2.05) is 18.2 Å². The molecule has 1 N–H and O–H groups in total. The number of ether oxygens (including phenoxy) is 1. The van der Waals surface area contributed by atoms with Crippen LogP contribution in [-0.4, -0.2) is 42.8 Å². The molecule has 2 aliphatic rings. The first-order valence-electron chi connectivity index (χ1n) is 8.73. The van der Waals surface area contributed by atoms with E-state index in [1.165, 1.54) is 16.0 Å². The Balaban J connectivity index is 1.47. The summed E-state index contributed by atoms with van der Waals surface area (Å²) < 4.78 is 40.5.